The number of nitrogens with two attached hydrogens (primary N) is 1. The number of aromatic nitrogens is 5. The Morgan fingerprint density at radius 1 is 1.07 bits per heavy atom. The van der Waals surface area contributed by atoms with E-state index in [-0.39, 0.29) is 0 Å². The molecule has 0 saturated carbocycles. The van der Waals surface area contributed by atoms with Gasteiger partial charge in [-0.2, -0.15) is 0 Å². The largest absolute Gasteiger partial charge is 0.382 e. The summed E-state index contributed by atoms with van der Waals surface area (Å²) in [5.41, 5.74) is 9.02. The first-order valence-corrected chi connectivity index (χ1v) is 9.16. The van der Waals surface area contributed by atoms with Crippen molar-refractivity contribution in [3.05, 3.63) is 71.9 Å². The fraction of sp³-hybridized carbons (Fsp3) is 0.136. The van der Waals surface area contributed by atoms with Crippen LogP contribution >= 0.6 is 0 Å². The van der Waals surface area contributed by atoms with E-state index in [1.54, 1.807) is 12.4 Å². The van der Waals surface area contributed by atoms with E-state index in [0.29, 0.717) is 34.8 Å². The average Bonchev–Trinajstić information content (AvgIpc) is 3.10. The van der Waals surface area contributed by atoms with E-state index in [0.717, 1.165) is 23.1 Å². The van der Waals surface area contributed by atoms with Gasteiger partial charge in [-0.25, -0.2) is 19.9 Å². The second kappa shape index (κ2) is 6.62. The number of hydrogen-bond donors (Lipinski definition) is 2. The van der Waals surface area contributed by atoms with E-state index in [2.05, 4.69) is 36.8 Å². The molecule has 1 aromatic carbocycles. The number of benzene rings is 1. The number of nitrogens with zero attached hydrogens (tertiary/aromatic N) is 5. The molecule has 0 radical (unpaired) electrons. The summed E-state index contributed by atoms with van der Waals surface area (Å²) < 4.78 is 0. The van der Waals surface area contributed by atoms with Crippen LogP contribution in [0.3, 0.4) is 0 Å². The van der Waals surface area contributed by atoms with Gasteiger partial charge in [-0.15, -0.1) is 0 Å². The average molecular weight is 380 g/mol. The number of fused-ring (bicyclic) bond motifs is 2. The Balaban J connectivity index is 1.51. The topological polar surface area (TPSA) is 111 Å². The lowest BCUT2D eigenvalue weighted by Crippen LogP contribution is -2.20. The van der Waals surface area contributed by atoms with Crippen LogP contribution in [0.1, 0.15) is 23.2 Å². The van der Waals surface area contributed by atoms with Gasteiger partial charge in [0.05, 0.1) is 11.9 Å². The predicted molar refractivity (Wildman–Crippen MR) is 108 cm³/mol. The summed E-state index contributed by atoms with van der Waals surface area (Å²) in [5.74, 6) is 6.91. The molecule has 0 fully saturated rings. The number of rotatable bonds is 1. The van der Waals surface area contributed by atoms with Crippen LogP contribution in [0.5, 0.6) is 0 Å². The number of anilines is 1. The summed E-state index contributed by atoms with van der Waals surface area (Å²) in [5, 5.41) is 11.0. The van der Waals surface area contributed by atoms with E-state index in [4.69, 9.17) is 5.73 Å². The van der Waals surface area contributed by atoms with Crippen LogP contribution in [0, 0.1) is 11.8 Å². The zero-order valence-electron chi connectivity index (χ0n) is 15.4. The van der Waals surface area contributed by atoms with Crippen molar-refractivity contribution in [1.82, 2.24) is 24.9 Å². The zero-order valence-corrected chi connectivity index (χ0v) is 15.4. The van der Waals surface area contributed by atoms with Crippen LogP contribution in [0.25, 0.3) is 22.4 Å². The summed E-state index contributed by atoms with van der Waals surface area (Å²) >= 11 is 0. The standard InChI is InChI=1S/C22H16N6O/c23-20-18-17(26-13-27-20)12-25-21(28-18)16-4-1-3-14(11-16)6-8-22(29)9-7-15-5-2-10-24-19(15)22/h1-5,10-13,29H,7,9H2,(H2,23,26,27)/t22-/m1/s1. The summed E-state index contributed by atoms with van der Waals surface area (Å²) in [4.78, 5) is 21.3. The van der Waals surface area contributed by atoms with Crippen LogP contribution in [-0.2, 0) is 12.0 Å². The van der Waals surface area contributed by atoms with Gasteiger partial charge in [-0.05, 0) is 36.6 Å². The highest BCUT2D eigenvalue weighted by Gasteiger charge is 2.36. The second-order valence-corrected chi connectivity index (χ2v) is 6.89. The van der Waals surface area contributed by atoms with Crippen molar-refractivity contribution in [2.45, 2.75) is 18.4 Å². The van der Waals surface area contributed by atoms with Crippen LogP contribution in [0.15, 0.2) is 55.1 Å². The van der Waals surface area contributed by atoms with Gasteiger partial charge in [0, 0.05) is 17.3 Å². The van der Waals surface area contributed by atoms with E-state index < -0.39 is 5.60 Å². The van der Waals surface area contributed by atoms with Gasteiger partial charge in [-0.3, -0.25) is 4.98 Å². The smallest absolute Gasteiger partial charge is 0.168 e. The number of hydrogen-bond acceptors (Lipinski definition) is 7. The van der Waals surface area contributed by atoms with Crippen LogP contribution in [-0.4, -0.2) is 30.0 Å². The van der Waals surface area contributed by atoms with Gasteiger partial charge in [0.2, 0.25) is 0 Å². The maximum atomic E-state index is 11.0. The maximum Gasteiger partial charge on any atom is 0.168 e. The molecular weight excluding hydrogens is 364 g/mol. The number of nitrogen functional groups attached to an aromatic ring is 1. The first-order valence-electron chi connectivity index (χ1n) is 9.16. The molecule has 3 heterocycles. The highest BCUT2D eigenvalue weighted by atomic mass is 16.3. The monoisotopic (exact) mass is 380 g/mol. The molecular formula is C22H16N6O. The molecule has 4 aromatic rings. The fourth-order valence-electron chi connectivity index (χ4n) is 3.49. The van der Waals surface area contributed by atoms with Gasteiger partial charge in [0.15, 0.2) is 17.2 Å². The molecule has 0 unspecified atom stereocenters. The van der Waals surface area contributed by atoms with Crippen molar-refractivity contribution in [2.75, 3.05) is 5.73 Å². The minimum absolute atomic E-state index is 0.309. The normalized spacial score (nSPS) is 17.6. The van der Waals surface area contributed by atoms with Crippen molar-refractivity contribution in [1.29, 1.82) is 0 Å². The number of aliphatic hydroxyl groups is 1. The Hall–Kier alpha value is -3.89. The minimum Gasteiger partial charge on any atom is -0.382 e. The molecule has 7 heteroatoms. The van der Waals surface area contributed by atoms with E-state index >= 15 is 0 Å². The summed E-state index contributed by atoms with van der Waals surface area (Å²) in [6.45, 7) is 0. The Morgan fingerprint density at radius 2 is 2.00 bits per heavy atom. The molecule has 140 valence electrons. The number of aryl methyl sites for hydroxylation is 1. The molecule has 5 rings (SSSR count). The molecule has 7 nitrogen and oxygen atoms in total. The molecule has 1 aliphatic carbocycles. The third-order valence-electron chi connectivity index (χ3n) is 4.98. The van der Waals surface area contributed by atoms with Crippen LogP contribution in [0.4, 0.5) is 5.82 Å². The van der Waals surface area contributed by atoms with Crippen molar-refractivity contribution in [2.24, 2.45) is 0 Å². The Bertz CT molecular complexity index is 1310. The molecule has 0 bridgehead atoms. The maximum absolute atomic E-state index is 11.0. The van der Waals surface area contributed by atoms with Gasteiger partial charge in [-0.1, -0.05) is 30.0 Å². The predicted octanol–water partition coefficient (Wildman–Crippen LogP) is 2.25. The lowest BCUT2D eigenvalue weighted by Gasteiger charge is -2.15. The van der Waals surface area contributed by atoms with Crippen LogP contribution < -0.4 is 5.73 Å². The summed E-state index contributed by atoms with van der Waals surface area (Å²) in [6, 6.07) is 11.4. The molecule has 29 heavy (non-hydrogen) atoms. The van der Waals surface area contributed by atoms with Gasteiger partial charge >= 0.3 is 0 Å². The lowest BCUT2D eigenvalue weighted by atomic mass is 10.0. The third kappa shape index (κ3) is 3.06. The lowest BCUT2D eigenvalue weighted by molar-refractivity contribution is 0.0982. The molecule has 1 atom stereocenters. The SMILES string of the molecule is Nc1ncnc2cnc(-c3cccc(C#C[C@@]4(O)CCc5cccnc54)c3)nc12. The molecule has 3 aromatic heterocycles. The molecule has 0 aliphatic heterocycles. The fourth-order valence-corrected chi connectivity index (χ4v) is 3.49. The minimum atomic E-state index is -1.22. The molecule has 0 saturated heterocycles. The number of pyridine rings is 1. The second-order valence-electron chi connectivity index (χ2n) is 6.89. The Kier molecular flexibility index (Phi) is 3.93. The summed E-state index contributed by atoms with van der Waals surface area (Å²) in [7, 11) is 0. The zero-order chi connectivity index (χ0) is 19.8. The molecule has 0 spiro atoms. The van der Waals surface area contributed by atoms with Gasteiger partial charge in [0.25, 0.3) is 0 Å². The van der Waals surface area contributed by atoms with E-state index in [1.807, 2.05) is 36.4 Å². The highest BCUT2D eigenvalue weighted by molar-refractivity contribution is 5.84. The highest BCUT2D eigenvalue weighted by Crippen LogP contribution is 2.34. The van der Waals surface area contributed by atoms with E-state index in [9.17, 15) is 5.11 Å². The van der Waals surface area contributed by atoms with Crippen molar-refractivity contribution >= 4 is 16.9 Å². The molecule has 1 aliphatic rings. The van der Waals surface area contributed by atoms with Gasteiger partial charge in [0.1, 0.15) is 17.4 Å². The first-order chi connectivity index (χ1) is 14.1. The molecule has 3 N–H and O–H groups in total. The molecule has 0 amide bonds. The van der Waals surface area contributed by atoms with Gasteiger partial charge < -0.3 is 10.8 Å². The first kappa shape index (κ1) is 17.2. The van der Waals surface area contributed by atoms with Crippen molar-refractivity contribution < 1.29 is 5.11 Å². The van der Waals surface area contributed by atoms with Crippen molar-refractivity contribution in [3.63, 3.8) is 0 Å². The Labute approximate surface area is 166 Å². The summed E-state index contributed by atoms with van der Waals surface area (Å²) in [6.07, 6.45) is 6.00. The van der Waals surface area contributed by atoms with Crippen LogP contribution in [0.2, 0.25) is 0 Å². The third-order valence-corrected chi connectivity index (χ3v) is 4.98. The van der Waals surface area contributed by atoms with E-state index in [1.165, 1.54) is 6.33 Å². The Morgan fingerprint density at radius 3 is 2.93 bits per heavy atom. The quantitative estimate of drug-likeness (QED) is 0.487. The van der Waals surface area contributed by atoms with Crippen molar-refractivity contribution in [3.8, 4) is 23.2 Å².